The van der Waals surface area contributed by atoms with Crippen LogP contribution in [-0.2, 0) is 17.9 Å². The van der Waals surface area contributed by atoms with E-state index >= 15 is 0 Å². The molecule has 172 valence electrons. The average Bonchev–Trinajstić information content (AvgIpc) is 3.08. The van der Waals surface area contributed by atoms with Crippen LogP contribution in [0.3, 0.4) is 0 Å². The molecule has 0 saturated carbocycles. The van der Waals surface area contributed by atoms with E-state index in [9.17, 15) is 13.6 Å². The van der Waals surface area contributed by atoms with Crippen molar-refractivity contribution in [2.75, 3.05) is 24.7 Å². The molecule has 0 unspecified atom stereocenters. The number of aromatic nitrogens is 3. The Labute approximate surface area is 188 Å². The fraction of sp³-hybridized carbons (Fsp3) is 0.348. The largest absolute Gasteiger partial charge is 0.473 e. The van der Waals surface area contributed by atoms with Gasteiger partial charge in [-0.1, -0.05) is 0 Å². The molecule has 1 saturated heterocycles. The number of pyridine rings is 1. The van der Waals surface area contributed by atoms with E-state index in [0.29, 0.717) is 37.8 Å². The van der Waals surface area contributed by atoms with Crippen LogP contribution < -0.4 is 20.1 Å². The molecule has 2 aliphatic rings. The molecule has 0 spiro atoms. The van der Waals surface area contributed by atoms with Crippen LogP contribution in [0.5, 0.6) is 17.4 Å². The summed E-state index contributed by atoms with van der Waals surface area (Å²) in [6.45, 7) is 5.81. The Morgan fingerprint density at radius 1 is 1.21 bits per heavy atom. The lowest BCUT2D eigenvalue weighted by Gasteiger charge is -2.39. The summed E-state index contributed by atoms with van der Waals surface area (Å²) in [4.78, 5) is 22.7. The molecule has 33 heavy (non-hydrogen) atoms. The number of anilines is 1. The number of hydrogen-bond acceptors (Lipinski definition) is 7. The van der Waals surface area contributed by atoms with Gasteiger partial charge in [-0.15, -0.1) is 0 Å². The lowest BCUT2D eigenvalue weighted by Crippen LogP contribution is -2.53. The molecule has 1 atom stereocenters. The van der Waals surface area contributed by atoms with E-state index in [1.165, 1.54) is 12.3 Å². The Bertz CT molecular complexity index is 1260. The fourth-order valence-corrected chi connectivity index (χ4v) is 4.23. The zero-order chi connectivity index (χ0) is 23.2. The van der Waals surface area contributed by atoms with Crippen LogP contribution in [0.4, 0.5) is 14.6 Å². The van der Waals surface area contributed by atoms with Gasteiger partial charge in [0.1, 0.15) is 18.2 Å². The number of ether oxygens (including phenoxy) is 3. The first kappa shape index (κ1) is 21.3. The Morgan fingerprint density at radius 2 is 2.00 bits per heavy atom. The van der Waals surface area contributed by atoms with Crippen LogP contribution in [0.1, 0.15) is 18.2 Å². The second-order valence-corrected chi connectivity index (χ2v) is 8.43. The summed E-state index contributed by atoms with van der Waals surface area (Å²) in [7, 11) is 0. The minimum Gasteiger partial charge on any atom is -0.473 e. The molecule has 2 aliphatic heterocycles. The zero-order valence-corrected chi connectivity index (χ0v) is 18.2. The normalized spacial score (nSPS) is 19.2. The van der Waals surface area contributed by atoms with Gasteiger partial charge in [0.2, 0.25) is 5.88 Å². The first-order valence-electron chi connectivity index (χ1n) is 10.5. The molecule has 0 N–H and O–H groups in total. The first-order chi connectivity index (χ1) is 15.8. The van der Waals surface area contributed by atoms with E-state index < -0.39 is 23.1 Å². The van der Waals surface area contributed by atoms with Gasteiger partial charge in [0.05, 0.1) is 25.3 Å². The molecular formula is C23H22F2N4O4. The van der Waals surface area contributed by atoms with Crippen LogP contribution in [-0.4, -0.2) is 39.8 Å². The summed E-state index contributed by atoms with van der Waals surface area (Å²) in [5.74, 6) is -1.17. The predicted octanol–water partition coefficient (Wildman–Crippen LogP) is 3.21. The van der Waals surface area contributed by atoms with Gasteiger partial charge in [-0.25, -0.2) is 13.6 Å². The Morgan fingerprint density at radius 3 is 2.76 bits per heavy atom. The number of rotatable bonds is 5. The molecule has 3 aromatic rings. The monoisotopic (exact) mass is 456 g/mol. The van der Waals surface area contributed by atoms with Crippen molar-refractivity contribution in [1.82, 2.24) is 14.5 Å². The SMILES string of the molecule is Cc1cc(Oc2c(F)cc(COc3cc4n(c(=O)n3)C[C@]3(C)COCCN43)cc2F)ccn1. The topological polar surface area (TPSA) is 78.7 Å². The number of morpholine rings is 1. The lowest BCUT2D eigenvalue weighted by molar-refractivity contribution is 0.0586. The van der Waals surface area contributed by atoms with E-state index in [1.54, 1.807) is 23.6 Å². The molecule has 0 aliphatic carbocycles. The van der Waals surface area contributed by atoms with Crippen LogP contribution >= 0.6 is 0 Å². The van der Waals surface area contributed by atoms with Crippen molar-refractivity contribution in [2.45, 2.75) is 32.5 Å². The van der Waals surface area contributed by atoms with Crippen molar-refractivity contribution >= 4 is 5.82 Å². The number of halogens is 2. The van der Waals surface area contributed by atoms with Gasteiger partial charge in [-0.3, -0.25) is 9.55 Å². The number of hydrogen-bond donors (Lipinski definition) is 0. The van der Waals surface area contributed by atoms with Gasteiger partial charge in [-0.2, -0.15) is 4.98 Å². The minimum absolute atomic E-state index is 0.0930. The maximum Gasteiger partial charge on any atom is 0.352 e. The van der Waals surface area contributed by atoms with Crippen LogP contribution in [0.2, 0.25) is 0 Å². The molecule has 1 aromatic carbocycles. The van der Waals surface area contributed by atoms with Gasteiger partial charge in [0, 0.05) is 30.6 Å². The summed E-state index contributed by atoms with van der Waals surface area (Å²) >= 11 is 0. The van der Waals surface area contributed by atoms with Gasteiger partial charge >= 0.3 is 5.69 Å². The molecule has 0 bridgehead atoms. The zero-order valence-electron chi connectivity index (χ0n) is 18.2. The second-order valence-electron chi connectivity index (χ2n) is 8.43. The molecule has 1 fully saturated rings. The van der Waals surface area contributed by atoms with Crippen molar-refractivity contribution in [1.29, 1.82) is 0 Å². The molecular weight excluding hydrogens is 434 g/mol. The molecule has 0 amide bonds. The van der Waals surface area contributed by atoms with Crippen molar-refractivity contribution < 1.29 is 23.0 Å². The van der Waals surface area contributed by atoms with Crippen LogP contribution in [0.15, 0.2) is 41.3 Å². The highest BCUT2D eigenvalue weighted by Crippen LogP contribution is 2.35. The van der Waals surface area contributed by atoms with E-state index in [-0.39, 0.29) is 29.3 Å². The van der Waals surface area contributed by atoms with Crippen LogP contribution in [0, 0.1) is 18.6 Å². The third kappa shape index (κ3) is 4.02. The maximum atomic E-state index is 14.6. The summed E-state index contributed by atoms with van der Waals surface area (Å²) in [6, 6.07) is 7.03. The second kappa shape index (κ2) is 8.11. The van der Waals surface area contributed by atoms with Crippen LogP contribution in [0.25, 0.3) is 0 Å². The Balaban J connectivity index is 1.34. The number of nitrogens with zero attached hydrogens (tertiary/aromatic N) is 4. The molecule has 2 aromatic heterocycles. The third-order valence-electron chi connectivity index (χ3n) is 5.80. The third-order valence-corrected chi connectivity index (χ3v) is 5.80. The van der Waals surface area contributed by atoms with Crippen molar-refractivity contribution in [3.05, 3.63) is 69.9 Å². The van der Waals surface area contributed by atoms with Crippen molar-refractivity contribution in [3.8, 4) is 17.4 Å². The minimum atomic E-state index is -0.867. The van der Waals surface area contributed by atoms with E-state index in [4.69, 9.17) is 14.2 Å². The Kier molecular flexibility index (Phi) is 5.24. The van der Waals surface area contributed by atoms with Gasteiger partial charge in [0.15, 0.2) is 17.4 Å². The van der Waals surface area contributed by atoms with Gasteiger partial charge in [-0.05, 0) is 37.6 Å². The molecule has 8 nitrogen and oxygen atoms in total. The molecule has 4 heterocycles. The van der Waals surface area contributed by atoms with E-state index in [2.05, 4.69) is 14.9 Å². The van der Waals surface area contributed by atoms with Crippen molar-refractivity contribution in [3.63, 3.8) is 0 Å². The molecule has 0 radical (unpaired) electrons. The number of aryl methyl sites for hydroxylation is 1. The maximum absolute atomic E-state index is 14.6. The van der Waals surface area contributed by atoms with E-state index in [0.717, 1.165) is 12.1 Å². The van der Waals surface area contributed by atoms with E-state index in [1.807, 2.05) is 6.92 Å². The predicted molar refractivity (Wildman–Crippen MR) is 115 cm³/mol. The number of benzene rings is 1. The standard InChI is InChI=1S/C23H22F2N4O4/c1-14-7-16(3-4-26-14)33-21-17(24)8-15(9-18(21)25)11-32-19-10-20-28(22(30)27-19)12-23(2)13-31-6-5-29(20)23/h3-4,7-10H,5-6,11-13H2,1-2H3/t23-/m1/s1. The highest BCUT2D eigenvalue weighted by Gasteiger charge is 2.43. The quantitative estimate of drug-likeness (QED) is 0.583. The Hall–Kier alpha value is -3.53. The molecule has 5 rings (SSSR count). The van der Waals surface area contributed by atoms with Gasteiger partial charge < -0.3 is 19.1 Å². The van der Waals surface area contributed by atoms with Crippen molar-refractivity contribution in [2.24, 2.45) is 0 Å². The average molecular weight is 456 g/mol. The van der Waals surface area contributed by atoms with Gasteiger partial charge in [0.25, 0.3) is 0 Å². The molecule has 10 heteroatoms. The summed E-state index contributed by atoms with van der Waals surface area (Å²) < 4.78 is 47.3. The summed E-state index contributed by atoms with van der Waals surface area (Å²) in [6.07, 6.45) is 1.49. The highest BCUT2D eigenvalue weighted by molar-refractivity contribution is 5.50. The number of fused-ring (bicyclic) bond motifs is 3. The highest BCUT2D eigenvalue weighted by atomic mass is 19.1. The first-order valence-corrected chi connectivity index (χ1v) is 10.5. The lowest BCUT2D eigenvalue weighted by atomic mass is 10.0. The smallest absolute Gasteiger partial charge is 0.352 e. The summed E-state index contributed by atoms with van der Waals surface area (Å²) in [5.41, 5.74) is 0.141. The summed E-state index contributed by atoms with van der Waals surface area (Å²) in [5, 5.41) is 0. The fourth-order valence-electron chi connectivity index (χ4n) is 4.23.